The first kappa shape index (κ1) is 18.5. The largest absolute Gasteiger partial charge is 0.337 e. The van der Waals surface area contributed by atoms with E-state index < -0.39 is 5.41 Å². The molecular weight excluding hydrogens is 380 g/mol. The number of nitrogens with zero attached hydrogens (tertiary/aromatic N) is 3. The quantitative estimate of drug-likeness (QED) is 0.682. The van der Waals surface area contributed by atoms with E-state index in [1.54, 1.807) is 11.9 Å². The molecule has 1 unspecified atom stereocenters. The Morgan fingerprint density at radius 2 is 1.90 bits per heavy atom. The van der Waals surface area contributed by atoms with Crippen molar-refractivity contribution in [2.24, 2.45) is 0 Å². The third kappa shape index (κ3) is 3.16. The van der Waals surface area contributed by atoms with Crippen LogP contribution in [0, 0.1) is 0 Å². The van der Waals surface area contributed by atoms with E-state index >= 15 is 0 Å². The fourth-order valence-corrected chi connectivity index (χ4v) is 4.29. The molecule has 1 fully saturated rings. The summed E-state index contributed by atoms with van der Waals surface area (Å²) in [5.41, 5.74) is 1.71. The van der Waals surface area contributed by atoms with E-state index in [2.05, 4.69) is 15.5 Å². The zero-order valence-corrected chi connectivity index (χ0v) is 16.7. The molecule has 30 heavy (non-hydrogen) atoms. The lowest BCUT2D eigenvalue weighted by Gasteiger charge is -2.28. The number of hydrogen-bond donors (Lipinski definition) is 1. The van der Waals surface area contributed by atoms with Crippen LogP contribution in [0.2, 0.25) is 0 Å². The molecule has 0 bridgehead atoms. The first-order chi connectivity index (χ1) is 14.6. The Kier molecular flexibility index (Phi) is 4.38. The number of amides is 2. The normalized spacial score (nSPS) is 20.3. The van der Waals surface area contributed by atoms with Crippen molar-refractivity contribution in [2.75, 3.05) is 17.3 Å². The van der Waals surface area contributed by atoms with E-state index in [0.717, 1.165) is 29.7 Å². The Balaban J connectivity index is 1.47. The van der Waals surface area contributed by atoms with Crippen molar-refractivity contribution < 1.29 is 14.1 Å². The molecule has 0 saturated heterocycles. The molecule has 1 aliphatic carbocycles. The summed E-state index contributed by atoms with van der Waals surface area (Å²) in [6.07, 6.45) is 2.50. The minimum atomic E-state index is -0.986. The maximum atomic E-state index is 13.5. The molecule has 7 heteroatoms. The highest BCUT2D eigenvalue weighted by Crippen LogP contribution is 2.45. The van der Waals surface area contributed by atoms with Crippen molar-refractivity contribution in [1.82, 2.24) is 10.1 Å². The third-order valence-electron chi connectivity index (χ3n) is 5.93. The van der Waals surface area contributed by atoms with E-state index in [-0.39, 0.29) is 24.2 Å². The average Bonchev–Trinajstić information content (AvgIpc) is 3.48. The lowest BCUT2D eigenvalue weighted by atomic mass is 9.73. The van der Waals surface area contributed by atoms with Crippen LogP contribution in [-0.4, -0.2) is 29.0 Å². The molecule has 3 aromatic rings. The van der Waals surface area contributed by atoms with E-state index in [4.69, 9.17) is 4.52 Å². The molecule has 0 spiro atoms. The van der Waals surface area contributed by atoms with Crippen LogP contribution < -0.4 is 10.2 Å². The van der Waals surface area contributed by atoms with Crippen LogP contribution in [0.25, 0.3) is 0 Å². The Labute approximate surface area is 174 Å². The van der Waals surface area contributed by atoms with Crippen molar-refractivity contribution in [2.45, 2.75) is 37.0 Å². The highest BCUT2D eigenvalue weighted by molar-refractivity contribution is 6.10. The number of carbonyl (C=O) groups excluding carboxylic acids is 2. The second kappa shape index (κ2) is 7.09. The highest BCUT2D eigenvalue weighted by atomic mass is 16.5. The number of hydrogen-bond acceptors (Lipinski definition) is 5. The Hall–Kier alpha value is -3.48. The van der Waals surface area contributed by atoms with E-state index in [0.29, 0.717) is 18.2 Å². The maximum absolute atomic E-state index is 13.5. The van der Waals surface area contributed by atoms with Gasteiger partial charge in [0.1, 0.15) is 0 Å². The Bertz CT molecular complexity index is 1110. The first-order valence-corrected chi connectivity index (χ1v) is 10.1. The number of rotatable bonds is 6. The molecule has 1 N–H and O–H groups in total. The fourth-order valence-electron chi connectivity index (χ4n) is 4.29. The lowest BCUT2D eigenvalue weighted by Crippen LogP contribution is -2.43. The predicted molar refractivity (Wildman–Crippen MR) is 111 cm³/mol. The number of benzene rings is 2. The van der Waals surface area contributed by atoms with Crippen molar-refractivity contribution in [1.29, 1.82) is 0 Å². The number of carbonyl (C=O) groups is 2. The van der Waals surface area contributed by atoms with Gasteiger partial charge in [0.05, 0.1) is 5.41 Å². The van der Waals surface area contributed by atoms with E-state index in [1.807, 2.05) is 54.6 Å². The summed E-state index contributed by atoms with van der Waals surface area (Å²) in [5.74, 6) is 0.627. The van der Waals surface area contributed by atoms with Gasteiger partial charge in [-0.15, -0.1) is 0 Å². The minimum Gasteiger partial charge on any atom is -0.337 e. The van der Waals surface area contributed by atoms with Gasteiger partial charge in [0.2, 0.25) is 17.7 Å². The summed E-state index contributed by atoms with van der Waals surface area (Å²) in [6, 6.07) is 17.4. The molecule has 1 aliphatic heterocycles. The van der Waals surface area contributed by atoms with Crippen molar-refractivity contribution in [3.8, 4) is 0 Å². The number of nitrogens with one attached hydrogen (secondary N) is 1. The summed E-state index contributed by atoms with van der Waals surface area (Å²) in [6.45, 7) is 0. The van der Waals surface area contributed by atoms with Crippen LogP contribution in [0.15, 0.2) is 59.1 Å². The zero-order valence-electron chi connectivity index (χ0n) is 16.7. The lowest BCUT2D eigenvalue weighted by molar-refractivity contribution is -0.127. The predicted octanol–water partition coefficient (Wildman–Crippen LogP) is 3.43. The van der Waals surface area contributed by atoms with Gasteiger partial charge in [0, 0.05) is 25.1 Å². The van der Waals surface area contributed by atoms with Crippen LogP contribution in [0.1, 0.15) is 42.2 Å². The second-order valence-electron chi connectivity index (χ2n) is 8.08. The summed E-state index contributed by atoms with van der Waals surface area (Å²) in [5, 5.41) is 6.59. The molecule has 1 aromatic heterocycles. The molecule has 5 rings (SSSR count). The van der Waals surface area contributed by atoms with Crippen molar-refractivity contribution in [3.63, 3.8) is 0 Å². The van der Waals surface area contributed by atoms with Crippen LogP contribution in [0.4, 0.5) is 11.6 Å². The molecule has 7 nitrogen and oxygen atoms in total. The van der Waals surface area contributed by atoms with E-state index in [1.165, 1.54) is 0 Å². The van der Waals surface area contributed by atoms with E-state index in [9.17, 15) is 9.59 Å². The van der Waals surface area contributed by atoms with Gasteiger partial charge in [-0.2, -0.15) is 4.98 Å². The van der Waals surface area contributed by atoms with Gasteiger partial charge in [-0.25, -0.2) is 0 Å². The van der Waals surface area contributed by atoms with Crippen LogP contribution in [0.5, 0.6) is 0 Å². The first-order valence-electron chi connectivity index (χ1n) is 10.1. The molecule has 2 amide bonds. The van der Waals surface area contributed by atoms with Crippen LogP contribution in [0.3, 0.4) is 0 Å². The fraction of sp³-hybridized carbons (Fsp3) is 0.304. The van der Waals surface area contributed by atoms with Gasteiger partial charge in [-0.3, -0.25) is 14.9 Å². The Morgan fingerprint density at radius 3 is 2.67 bits per heavy atom. The monoisotopic (exact) mass is 402 g/mol. The minimum absolute atomic E-state index is 0.00458. The SMILES string of the molecule is CN1C(=O)C(CC(=O)Nc2noc(C3CC3)n2)(Cc2ccccc2)c2ccccc21. The summed E-state index contributed by atoms with van der Waals surface area (Å²) < 4.78 is 5.22. The standard InChI is InChI=1S/C23H22N4O3/c1-27-18-10-6-5-9-17(18)23(21(27)29,13-15-7-3-2-4-8-15)14-19(28)24-22-25-20(30-26-22)16-11-12-16/h2-10,16H,11-14H2,1H3,(H,24,26,28). The zero-order chi connectivity index (χ0) is 20.7. The average molecular weight is 402 g/mol. The molecular formula is C23H22N4O3. The van der Waals surface area contributed by atoms with Gasteiger partial charge < -0.3 is 9.42 Å². The number of likely N-dealkylation sites (N-methyl/N-ethyl adjacent to an activating group) is 1. The number of para-hydroxylation sites is 1. The van der Waals surface area contributed by atoms with Gasteiger partial charge >= 0.3 is 0 Å². The van der Waals surface area contributed by atoms with Gasteiger partial charge in [0.25, 0.3) is 5.95 Å². The summed E-state index contributed by atoms with van der Waals surface area (Å²) >= 11 is 0. The van der Waals surface area contributed by atoms with Crippen molar-refractivity contribution >= 4 is 23.5 Å². The molecule has 2 heterocycles. The highest BCUT2D eigenvalue weighted by Gasteiger charge is 2.50. The van der Waals surface area contributed by atoms with Gasteiger partial charge in [-0.1, -0.05) is 48.5 Å². The smallest absolute Gasteiger partial charge is 0.270 e. The number of aromatic nitrogens is 2. The molecule has 1 atom stereocenters. The maximum Gasteiger partial charge on any atom is 0.270 e. The molecule has 2 aliphatic rings. The Morgan fingerprint density at radius 1 is 1.17 bits per heavy atom. The number of anilines is 2. The summed E-state index contributed by atoms with van der Waals surface area (Å²) in [4.78, 5) is 32.4. The topological polar surface area (TPSA) is 88.3 Å². The number of fused-ring (bicyclic) bond motifs is 1. The third-order valence-corrected chi connectivity index (χ3v) is 5.93. The molecule has 1 saturated carbocycles. The summed E-state index contributed by atoms with van der Waals surface area (Å²) in [7, 11) is 1.76. The second-order valence-corrected chi connectivity index (χ2v) is 8.08. The van der Waals surface area contributed by atoms with Crippen LogP contribution >= 0.6 is 0 Å². The van der Waals surface area contributed by atoms with Crippen LogP contribution in [-0.2, 0) is 21.4 Å². The molecule has 2 aromatic carbocycles. The molecule has 152 valence electrons. The van der Waals surface area contributed by atoms with Gasteiger partial charge in [-0.05, 0) is 41.6 Å². The molecule has 0 radical (unpaired) electrons. The van der Waals surface area contributed by atoms with Gasteiger partial charge in [0.15, 0.2) is 0 Å². The van der Waals surface area contributed by atoms with Crippen molar-refractivity contribution in [3.05, 3.63) is 71.6 Å².